The number of nitrogens with one attached hydrogen (secondary N) is 2. The maximum atomic E-state index is 12.1. The topological polar surface area (TPSA) is 61.0 Å². The highest BCUT2D eigenvalue weighted by atomic mass is 16.2. The predicted molar refractivity (Wildman–Crippen MR) is 83.8 cm³/mol. The fourth-order valence-corrected chi connectivity index (χ4v) is 3.07. The molecule has 2 rings (SSSR count). The van der Waals surface area contributed by atoms with Gasteiger partial charge in [0.05, 0.1) is 6.20 Å². The molecule has 2 heterocycles. The molecule has 5 nitrogen and oxygen atoms in total. The number of likely N-dealkylation sites (tertiary alicyclic amines) is 1. The van der Waals surface area contributed by atoms with Crippen LogP contribution in [0.1, 0.15) is 44.9 Å². The average molecular weight is 292 g/mol. The van der Waals surface area contributed by atoms with E-state index < -0.39 is 0 Å². The van der Waals surface area contributed by atoms with Crippen LogP contribution in [0.4, 0.5) is 0 Å². The number of carbonyl (C=O) groups excluding carboxylic acids is 1. The van der Waals surface area contributed by atoms with Gasteiger partial charge in [-0.25, -0.2) is 0 Å². The van der Waals surface area contributed by atoms with Crippen molar-refractivity contribution in [3.05, 3.63) is 17.5 Å². The Morgan fingerprint density at radius 1 is 1.57 bits per heavy atom. The molecule has 1 aliphatic heterocycles. The summed E-state index contributed by atoms with van der Waals surface area (Å²) in [5.74, 6) is 0.923. The van der Waals surface area contributed by atoms with Gasteiger partial charge >= 0.3 is 0 Å². The van der Waals surface area contributed by atoms with E-state index in [4.69, 9.17) is 0 Å². The van der Waals surface area contributed by atoms with E-state index in [2.05, 4.69) is 22.4 Å². The number of aromatic nitrogens is 2. The standard InChI is InChI=1S/C16H28N4O/c1-5-13-10-20(16(21)11(2)3)7-6-15(13)17-8-14-9-18-19-12(14)4/h9,11,13,15,17H,5-8,10H2,1-4H3,(H,18,19)/t13-,15-/m0/s1. The van der Waals surface area contributed by atoms with Crippen LogP contribution in [0.3, 0.4) is 0 Å². The monoisotopic (exact) mass is 292 g/mol. The Bertz CT molecular complexity index is 469. The minimum absolute atomic E-state index is 0.0978. The van der Waals surface area contributed by atoms with Gasteiger partial charge in [-0.15, -0.1) is 0 Å². The summed E-state index contributed by atoms with van der Waals surface area (Å²) in [4.78, 5) is 14.2. The van der Waals surface area contributed by atoms with Gasteiger partial charge < -0.3 is 10.2 Å². The van der Waals surface area contributed by atoms with Crippen molar-refractivity contribution in [1.29, 1.82) is 0 Å². The van der Waals surface area contributed by atoms with Crippen LogP contribution in [0.25, 0.3) is 0 Å². The molecule has 1 aromatic rings. The van der Waals surface area contributed by atoms with E-state index in [1.807, 2.05) is 31.9 Å². The highest BCUT2D eigenvalue weighted by molar-refractivity contribution is 5.78. The SMILES string of the molecule is CC[C@H]1CN(C(=O)C(C)C)CC[C@@H]1NCc1cn[nH]c1C. The second-order valence-corrected chi connectivity index (χ2v) is 6.40. The molecule has 2 atom stereocenters. The van der Waals surface area contributed by atoms with Crippen molar-refractivity contribution in [2.24, 2.45) is 11.8 Å². The number of hydrogen-bond donors (Lipinski definition) is 2. The Hall–Kier alpha value is -1.36. The van der Waals surface area contributed by atoms with Crippen LogP contribution in [0, 0.1) is 18.8 Å². The lowest BCUT2D eigenvalue weighted by atomic mass is 9.89. The van der Waals surface area contributed by atoms with Gasteiger partial charge in [-0.05, 0) is 19.3 Å². The maximum absolute atomic E-state index is 12.1. The molecule has 0 unspecified atom stereocenters. The maximum Gasteiger partial charge on any atom is 0.225 e. The molecule has 1 aliphatic rings. The Morgan fingerprint density at radius 3 is 2.90 bits per heavy atom. The largest absolute Gasteiger partial charge is 0.342 e. The van der Waals surface area contributed by atoms with Gasteiger partial charge in [-0.3, -0.25) is 9.89 Å². The number of piperidine rings is 1. The second kappa shape index (κ2) is 7.07. The lowest BCUT2D eigenvalue weighted by Crippen LogP contribution is -2.51. The molecule has 0 spiro atoms. The van der Waals surface area contributed by atoms with Gasteiger partial charge in [0.1, 0.15) is 0 Å². The molecule has 1 amide bonds. The molecule has 118 valence electrons. The van der Waals surface area contributed by atoms with Crippen LogP contribution in [0.5, 0.6) is 0 Å². The molecule has 0 saturated carbocycles. The van der Waals surface area contributed by atoms with Gasteiger partial charge in [-0.2, -0.15) is 5.10 Å². The average Bonchev–Trinajstić information content (AvgIpc) is 2.89. The molecule has 0 bridgehead atoms. The Labute approximate surface area is 127 Å². The highest BCUT2D eigenvalue weighted by Crippen LogP contribution is 2.22. The van der Waals surface area contributed by atoms with Gasteiger partial charge in [-0.1, -0.05) is 27.2 Å². The third-order valence-electron chi connectivity index (χ3n) is 4.55. The van der Waals surface area contributed by atoms with Gasteiger partial charge in [0.15, 0.2) is 0 Å². The van der Waals surface area contributed by atoms with E-state index in [-0.39, 0.29) is 11.8 Å². The van der Waals surface area contributed by atoms with Crippen LogP contribution < -0.4 is 5.32 Å². The molecule has 1 saturated heterocycles. The molecule has 0 aliphatic carbocycles. The van der Waals surface area contributed by atoms with E-state index >= 15 is 0 Å². The highest BCUT2D eigenvalue weighted by Gasteiger charge is 2.30. The minimum atomic E-state index is 0.0978. The number of H-pyrrole nitrogens is 1. The molecular weight excluding hydrogens is 264 g/mol. The summed E-state index contributed by atoms with van der Waals surface area (Å²) < 4.78 is 0. The first kappa shape index (κ1) is 16.0. The van der Waals surface area contributed by atoms with Gasteiger partial charge in [0.2, 0.25) is 5.91 Å². The van der Waals surface area contributed by atoms with Gasteiger partial charge in [0.25, 0.3) is 0 Å². The molecule has 1 fully saturated rings. The van der Waals surface area contributed by atoms with E-state index in [1.165, 1.54) is 5.56 Å². The summed E-state index contributed by atoms with van der Waals surface area (Å²) >= 11 is 0. The lowest BCUT2D eigenvalue weighted by molar-refractivity contribution is -0.136. The Kier molecular flexibility index (Phi) is 5.39. The zero-order chi connectivity index (χ0) is 15.4. The molecule has 21 heavy (non-hydrogen) atoms. The summed E-state index contributed by atoms with van der Waals surface area (Å²) in [6.07, 6.45) is 4.03. The number of carbonyl (C=O) groups is 1. The summed E-state index contributed by atoms with van der Waals surface area (Å²) in [7, 11) is 0. The van der Waals surface area contributed by atoms with Gasteiger partial charge in [0, 0.05) is 42.9 Å². The predicted octanol–water partition coefficient (Wildman–Crippen LogP) is 2.09. The van der Waals surface area contributed by atoms with Crippen molar-refractivity contribution in [3.8, 4) is 0 Å². The number of rotatable bonds is 5. The Morgan fingerprint density at radius 2 is 2.33 bits per heavy atom. The van der Waals surface area contributed by atoms with E-state index in [0.29, 0.717) is 12.0 Å². The van der Waals surface area contributed by atoms with Crippen molar-refractivity contribution in [3.63, 3.8) is 0 Å². The summed E-state index contributed by atoms with van der Waals surface area (Å²) in [6, 6.07) is 0.487. The number of hydrogen-bond acceptors (Lipinski definition) is 3. The van der Waals surface area contributed by atoms with E-state index in [0.717, 1.165) is 38.2 Å². The summed E-state index contributed by atoms with van der Waals surface area (Å²) in [6.45, 7) is 10.8. The molecule has 5 heteroatoms. The van der Waals surface area contributed by atoms with Crippen LogP contribution in [0.15, 0.2) is 6.20 Å². The van der Waals surface area contributed by atoms with Crippen LogP contribution in [-0.2, 0) is 11.3 Å². The molecular formula is C16H28N4O. The smallest absolute Gasteiger partial charge is 0.225 e. The number of aryl methyl sites for hydroxylation is 1. The normalized spacial score (nSPS) is 22.8. The van der Waals surface area contributed by atoms with Crippen LogP contribution in [0.2, 0.25) is 0 Å². The van der Waals surface area contributed by atoms with E-state index in [9.17, 15) is 4.79 Å². The van der Waals surface area contributed by atoms with Crippen molar-refractivity contribution in [2.45, 2.75) is 53.1 Å². The number of amides is 1. The Balaban J connectivity index is 1.90. The third kappa shape index (κ3) is 3.84. The van der Waals surface area contributed by atoms with E-state index in [1.54, 1.807) is 0 Å². The second-order valence-electron chi connectivity index (χ2n) is 6.40. The fourth-order valence-electron chi connectivity index (χ4n) is 3.07. The van der Waals surface area contributed by atoms with Crippen molar-refractivity contribution < 1.29 is 4.79 Å². The summed E-state index contributed by atoms with van der Waals surface area (Å²) in [5, 5.41) is 10.7. The van der Waals surface area contributed by atoms with Crippen molar-refractivity contribution in [1.82, 2.24) is 20.4 Å². The first-order chi connectivity index (χ1) is 10.0. The van der Waals surface area contributed by atoms with Crippen LogP contribution >= 0.6 is 0 Å². The zero-order valence-electron chi connectivity index (χ0n) is 13.6. The van der Waals surface area contributed by atoms with Crippen molar-refractivity contribution in [2.75, 3.05) is 13.1 Å². The lowest BCUT2D eigenvalue weighted by Gasteiger charge is -2.39. The first-order valence-electron chi connectivity index (χ1n) is 8.04. The minimum Gasteiger partial charge on any atom is -0.342 e. The first-order valence-corrected chi connectivity index (χ1v) is 8.04. The van der Waals surface area contributed by atoms with Crippen molar-refractivity contribution >= 4 is 5.91 Å². The molecule has 1 aromatic heterocycles. The molecule has 0 aromatic carbocycles. The molecule has 0 radical (unpaired) electrons. The molecule has 2 N–H and O–H groups in total. The zero-order valence-corrected chi connectivity index (χ0v) is 13.6. The fraction of sp³-hybridized carbons (Fsp3) is 0.750. The number of nitrogens with zero attached hydrogens (tertiary/aromatic N) is 2. The summed E-state index contributed by atoms with van der Waals surface area (Å²) in [5.41, 5.74) is 2.36. The number of aromatic amines is 1. The third-order valence-corrected chi connectivity index (χ3v) is 4.55. The quantitative estimate of drug-likeness (QED) is 0.873. The van der Waals surface area contributed by atoms with Crippen LogP contribution in [-0.4, -0.2) is 40.1 Å².